The van der Waals surface area contributed by atoms with Crippen LogP contribution >= 0.6 is 27.3 Å². The normalized spacial score (nSPS) is 12.7. The molecule has 1 atom stereocenters. The van der Waals surface area contributed by atoms with E-state index in [-0.39, 0.29) is 12.1 Å². The largest absolute Gasteiger partial charge is 0.444 e. The molecular formula is C26H38BrN3O4S. The molecule has 0 bridgehead atoms. The van der Waals surface area contributed by atoms with E-state index in [1.165, 1.54) is 11.3 Å². The molecule has 0 saturated heterocycles. The van der Waals surface area contributed by atoms with Crippen molar-refractivity contribution in [1.82, 2.24) is 9.88 Å². The molecule has 35 heavy (non-hydrogen) atoms. The van der Waals surface area contributed by atoms with Crippen molar-refractivity contribution in [1.29, 1.82) is 0 Å². The van der Waals surface area contributed by atoms with Gasteiger partial charge in [0.25, 0.3) is 0 Å². The lowest BCUT2D eigenvalue weighted by Gasteiger charge is -2.35. The number of nitrogens with zero attached hydrogens (tertiary/aromatic N) is 3. The molecule has 1 aromatic carbocycles. The highest BCUT2D eigenvalue weighted by atomic mass is 79.9. The van der Waals surface area contributed by atoms with Gasteiger partial charge in [0.15, 0.2) is 5.13 Å². The lowest BCUT2D eigenvalue weighted by molar-refractivity contribution is 0.0146. The number of anilines is 1. The molecule has 0 aliphatic heterocycles. The fourth-order valence-electron chi connectivity index (χ4n) is 3.39. The maximum absolute atomic E-state index is 13.3. The molecule has 194 valence electrons. The fourth-order valence-corrected chi connectivity index (χ4v) is 4.32. The number of benzene rings is 1. The molecule has 0 aliphatic carbocycles. The Bertz CT molecular complexity index is 937. The highest BCUT2D eigenvalue weighted by molar-refractivity contribution is 9.10. The molecule has 2 rings (SSSR count). The van der Waals surface area contributed by atoms with Crippen molar-refractivity contribution >= 4 is 44.6 Å². The topological polar surface area (TPSA) is 72.0 Å². The molecule has 7 nitrogen and oxygen atoms in total. The van der Waals surface area contributed by atoms with Gasteiger partial charge < -0.3 is 14.4 Å². The highest BCUT2D eigenvalue weighted by Crippen LogP contribution is 2.30. The number of ether oxygens (including phenoxy) is 2. The van der Waals surface area contributed by atoms with Gasteiger partial charge in [-0.2, -0.15) is 0 Å². The van der Waals surface area contributed by atoms with Crippen LogP contribution in [-0.4, -0.2) is 46.4 Å². The number of aromatic nitrogens is 1. The maximum Gasteiger partial charge on any atom is 0.416 e. The Kier molecular flexibility index (Phi) is 10.6. The monoisotopic (exact) mass is 567 g/mol. The Hall–Kier alpha value is -2.13. The molecule has 0 spiro atoms. The smallest absolute Gasteiger partial charge is 0.416 e. The van der Waals surface area contributed by atoms with Crippen LogP contribution in [0.1, 0.15) is 79.3 Å². The van der Waals surface area contributed by atoms with Crippen molar-refractivity contribution in [2.45, 2.75) is 85.0 Å². The molecule has 0 aliphatic rings. The third-order valence-corrected chi connectivity index (χ3v) is 6.22. The molecule has 1 heterocycles. The zero-order valence-corrected chi connectivity index (χ0v) is 24.2. The van der Waals surface area contributed by atoms with E-state index in [1.807, 2.05) is 71.2 Å². The predicted octanol–water partition coefficient (Wildman–Crippen LogP) is 7.82. The zero-order chi connectivity index (χ0) is 26.2. The lowest BCUT2D eigenvalue weighted by atomic mass is 10.0. The Morgan fingerprint density at radius 3 is 2.11 bits per heavy atom. The van der Waals surface area contributed by atoms with Crippen LogP contribution < -0.4 is 4.90 Å². The van der Waals surface area contributed by atoms with Gasteiger partial charge in [0.05, 0.1) is 6.04 Å². The van der Waals surface area contributed by atoms with Crippen LogP contribution in [0.2, 0.25) is 0 Å². The first-order chi connectivity index (χ1) is 16.3. The summed E-state index contributed by atoms with van der Waals surface area (Å²) >= 11 is 4.87. The summed E-state index contributed by atoms with van der Waals surface area (Å²) < 4.78 is 12.4. The first-order valence-electron chi connectivity index (χ1n) is 12.0. The number of carbonyl (C=O) groups is 2. The minimum atomic E-state index is -0.638. The third kappa shape index (κ3) is 9.80. The van der Waals surface area contributed by atoms with Gasteiger partial charge in [0, 0.05) is 29.1 Å². The third-order valence-electron chi connectivity index (χ3n) is 4.90. The molecular weight excluding hydrogens is 530 g/mol. The van der Waals surface area contributed by atoms with Gasteiger partial charge in [-0.25, -0.2) is 14.6 Å². The van der Waals surface area contributed by atoms with Crippen molar-refractivity contribution in [2.24, 2.45) is 0 Å². The van der Waals surface area contributed by atoms with Crippen LogP contribution in [0.4, 0.5) is 14.7 Å². The summed E-state index contributed by atoms with van der Waals surface area (Å²) in [7, 11) is 0. The first-order valence-corrected chi connectivity index (χ1v) is 13.6. The summed E-state index contributed by atoms with van der Waals surface area (Å²) in [5.74, 6) is 0. The minimum absolute atomic E-state index is 0.297. The summed E-state index contributed by atoms with van der Waals surface area (Å²) in [5, 5.41) is 2.39. The summed E-state index contributed by atoms with van der Waals surface area (Å²) in [5.41, 5.74) is -0.283. The Morgan fingerprint density at radius 1 is 1.00 bits per heavy atom. The van der Waals surface area contributed by atoms with Crippen molar-refractivity contribution in [3.05, 3.63) is 45.9 Å². The van der Waals surface area contributed by atoms with Crippen LogP contribution in [-0.2, 0) is 9.47 Å². The second-order valence-electron chi connectivity index (χ2n) is 10.3. The minimum Gasteiger partial charge on any atom is -0.444 e. The average molecular weight is 569 g/mol. The maximum atomic E-state index is 13.3. The Labute approximate surface area is 221 Å². The molecule has 9 heteroatoms. The van der Waals surface area contributed by atoms with Crippen LogP contribution in [0.25, 0.3) is 0 Å². The summed E-state index contributed by atoms with van der Waals surface area (Å²) in [6.45, 7) is 14.1. The lowest BCUT2D eigenvalue weighted by Crippen LogP contribution is -2.42. The van der Waals surface area contributed by atoms with E-state index < -0.39 is 17.3 Å². The number of carbonyl (C=O) groups excluding carboxylic acids is 2. The van der Waals surface area contributed by atoms with Gasteiger partial charge in [-0.15, -0.1) is 11.3 Å². The van der Waals surface area contributed by atoms with Crippen LogP contribution in [0.5, 0.6) is 0 Å². The highest BCUT2D eigenvalue weighted by Gasteiger charge is 2.32. The molecule has 0 radical (unpaired) electrons. The standard InChI is InChI=1S/C26H38BrN3O4S/c1-8-9-16-29(23(31)33-25(2,3)4)21(19-10-12-20(27)13-11-19)14-17-30(22-28-15-18-35-22)24(32)34-26(5,6)7/h10-13,15,18,21H,8-9,14,16-17H2,1-7H3/t21-/m0/s1. The molecule has 2 aromatic rings. The van der Waals surface area contributed by atoms with Crippen LogP contribution in [0.3, 0.4) is 0 Å². The quantitative estimate of drug-likeness (QED) is 0.309. The Morgan fingerprint density at radius 2 is 1.60 bits per heavy atom. The summed E-state index contributed by atoms with van der Waals surface area (Å²) in [6.07, 6.45) is 3.11. The molecule has 0 N–H and O–H groups in total. The number of rotatable bonds is 9. The van der Waals surface area contributed by atoms with Gasteiger partial charge in [-0.05, 0) is 72.1 Å². The van der Waals surface area contributed by atoms with Crippen molar-refractivity contribution in [2.75, 3.05) is 18.0 Å². The number of unbranched alkanes of at least 4 members (excludes halogenated alkanes) is 1. The van der Waals surface area contributed by atoms with Gasteiger partial charge >= 0.3 is 12.2 Å². The van der Waals surface area contributed by atoms with Gasteiger partial charge in [-0.1, -0.05) is 41.4 Å². The van der Waals surface area contributed by atoms with E-state index in [0.717, 1.165) is 22.9 Å². The molecule has 0 fully saturated rings. The van der Waals surface area contributed by atoms with Gasteiger partial charge in [0.1, 0.15) is 11.2 Å². The van der Waals surface area contributed by atoms with E-state index in [1.54, 1.807) is 16.0 Å². The number of hydrogen-bond acceptors (Lipinski definition) is 6. The van der Waals surface area contributed by atoms with Crippen molar-refractivity contribution in [3.8, 4) is 0 Å². The van der Waals surface area contributed by atoms with E-state index in [0.29, 0.717) is 24.6 Å². The van der Waals surface area contributed by atoms with E-state index in [9.17, 15) is 9.59 Å². The van der Waals surface area contributed by atoms with Crippen LogP contribution in [0, 0.1) is 0 Å². The SMILES string of the molecule is CCCCN(C(=O)OC(C)(C)C)[C@@H](CCN(C(=O)OC(C)(C)C)c1nccs1)c1ccc(Br)cc1. The summed E-state index contributed by atoms with van der Waals surface area (Å²) in [4.78, 5) is 34.1. The number of halogens is 1. The zero-order valence-electron chi connectivity index (χ0n) is 21.8. The molecule has 0 unspecified atom stereocenters. The van der Waals surface area contributed by atoms with Crippen molar-refractivity contribution < 1.29 is 19.1 Å². The average Bonchev–Trinajstić information content (AvgIpc) is 3.25. The predicted molar refractivity (Wildman–Crippen MR) is 145 cm³/mol. The molecule has 1 aromatic heterocycles. The van der Waals surface area contributed by atoms with Gasteiger partial charge in [0.2, 0.25) is 0 Å². The Balaban J connectivity index is 2.40. The van der Waals surface area contributed by atoms with E-state index in [4.69, 9.17) is 9.47 Å². The van der Waals surface area contributed by atoms with Crippen LogP contribution in [0.15, 0.2) is 40.3 Å². The van der Waals surface area contributed by atoms with Gasteiger partial charge in [-0.3, -0.25) is 4.90 Å². The van der Waals surface area contributed by atoms with E-state index >= 15 is 0 Å². The summed E-state index contributed by atoms with van der Waals surface area (Å²) in [6, 6.07) is 7.62. The second-order valence-corrected chi connectivity index (χ2v) is 12.1. The molecule has 0 saturated carbocycles. The van der Waals surface area contributed by atoms with Crippen molar-refractivity contribution in [3.63, 3.8) is 0 Å². The molecule has 2 amide bonds. The van der Waals surface area contributed by atoms with E-state index in [2.05, 4.69) is 27.8 Å². The fraction of sp³-hybridized carbons (Fsp3) is 0.577. The number of thiazole rings is 1. The second kappa shape index (κ2) is 12.7. The first kappa shape index (κ1) is 29.1. The number of hydrogen-bond donors (Lipinski definition) is 0. The number of amides is 2.